The Morgan fingerprint density at radius 2 is 0.910 bits per heavy atom. The molecule has 2 heterocycles. The maximum absolute atomic E-state index is 2.45. The first-order valence-corrected chi connectivity index (χ1v) is 23.7. The van der Waals surface area contributed by atoms with Crippen LogP contribution in [0.5, 0.6) is 0 Å². The van der Waals surface area contributed by atoms with E-state index in [9.17, 15) is 0 Å². The van der Waals surface area contributed by atoms with Crippen LogP contribution >= 0.6 is 11.3 Å². The van der Waals surface area contributed by atoms with Gasteiger partial charge < -0.3 is 9.47 Å². The van der Waals surface area contributed by atoms with Crippen molar-refractivity contribution < 1.29 is 0 Å². The van der Waals surface area contributed by atoms with E-state index < -0.39 is 0 Å². The highest BCUT2D eigenvalue weighted by Gasteiger charge is 2.21. The second kappa shape index (κ2) is 16.2. The lowest BCUT2D eigenvalue weighted by Gasteiger charge is -2.29. The van der Waals surface area contributed by atoms with Gasteiger partial charge in [-0.15, -0.1) is 11.3 Å². The standard InChI is InChI=1S/C64H42N2S/c1-3-17-43(18-4-1)51-28-14-19-45-20-15-30-56(63(45)51)53-25-7-10-32-59(53)65(49-38-35-44(36-39-49)52-29-16-31-57-55-27-9-12-34-62(55)67-64(52)57)50-24-13-21-46(41-50)47-37-40-61-58(42-47)54-26-8-11-33-60(54)66(61)48-22-5-2-6-23-48/h1-42H. The molecule has 0 aliphatic carbocycles. The summed E-state index contributed by atoms with van der Waals surface area (Å²) in [5, 5.41) is 7.55. The van der Waals surface area contributed by atoms with E-state index in [1.165, 1.54) is 86.1 Å². The molecule has 0 bridgehead atoms. The minimum Gasteiger partial charge on any atom is -0.310 e. The third-order valence-corrected chi connectivity index (χ3v) is 14.6. The summed E-state index contributed by atoms with van der Waals surface area (Å²) in [7, 11) is 0. The zero-order chi connectivity index (χ0) is 44.3. The Morgan fingerprint density at radius 1 is 0.328 bits per heavy atom. The van der Waals surface area contributed by atoms with Crippen LogP contribution in [0.4, 0.5) is 17.1 Å². The molecular weight excluding hydrogens is 829 g/mol. The number of anilines is 3. The number of aromatic nitrogens is 1. The fourth-order valence-corrected chi connectivity index (χ4v) is 11.6. The lowest BCUT2D eigenvalue weighted by atomic mass is 9.90. The lowest BCUT2D eigenvalue weighted by Crippen LogP contribution is -2.11. The normalized spacial score (nSPS) is 11.6. The van der Waals surface area contributed by atoms with Gasteiger partial charge in [0, 0.05) is 53.6 Å². The van der Waals surface area contributed by atoms with Crippen molar-refractivity contribution >= 4 is 81.1 Å². The summed E-state index contributed by atoms with van der Waals surface area (Å²) in [6.07, 6.45) is 0. The lowest BCUT2D eigenvalue weighted by molar-refractivity contribution is 1.18. The Bertz CT molecular complexity index is 3970. The van der Waals surface area contributed by atoms with Crippen LogP contribution < -0.4 is 4.90 Å². The predicted molar refractivity (Wildman–Crippen MR) is 288 cm³/mol. The van der Waals surface area contributed by atoms with Crippen LogP contribution in [0.3, 0.4) is 0 Å². The summed E-state index contributed by atoms with van der Waals surface area (Å²) in [6.45, 7) is 0. The SMILES string of the molecule is c1ccc(-c2cccc3cccc(-c4ccccc4N(c4ccc(-c5cccc6c5sc5ccccc56)cc4)c4cccc(-c5ccc6c(c5)c5ccccc5n6-c5ccccc5)c4)c23)cc1. The first-order valence-electron chi connectivity index (χ1n) is 22.9. The summed E-state index contributed by atoms with van der Waals surface area (Å²) in [6, 6.07) is 93.2. The zero-order valence-corrected chi connectivity index (χ0v) is 37.4. The summed E-state index contributed by atoms with van der Waals surface area (Å²) in [4.78, 5) is 2.45. The molecule has 2 aromatic heterocycles. The van der Waals surface area contributed by atoms with Crippen LogP contribution in [-0.4, -0.2) is 4.57 Å². The van der Waals surface area contributed by atoms with E-state index in [4.69, 9.17) is 0 Å². The number of nitrogens with zero attached hydrogens (tertiary/aromatic N) is 2. The number of hydrogen-bond donors (Lipinski definition) is 0. The minimum atomic E-state index is 1.08. The molecule has 13 rings (SSSR count). The molecular formula is C64H42N2S. The van der Waals surface area contributed by atoms with E-state index in [1.54, 1.807) is 0 Å². The van der Waals surface area contributed by atoms with Gasteiger partial charge in [-0.05, 0) is 116 Å². The average Bonchev–Trinajstić information content (AvgIpc) is 3.95. The molecule has 0 spiro atoms. The molecule has 0 atom stereocenters. The van der Waals surface area contributed by atoms with Gasteiger partial charge in [0.25, 0.3) is 0 Å². The molecule has 2 nitrogen and oxygen atoms in total. The van der Waals surface area contributed by atoms with Gasteiger partial charge >= 0.3 is 0 Å². The van der Waals surface area contributed by atoms with Crippen molar-refractivity contribution in [3.8, 4) is 50.2 Å². The van der Waals surface area contributed by atoms with E-state index in [1.807, 2.05) is 11.3 Å². The molecule has 3 heteroatoms. The van der Waals surface area contributed by atoms with Crippen molar-refractivity contribution in [3.05, 3.63) is 255 Å². The Hall–Kier alpha value is -8.50. The fraction of sp³-hybridized carbons (Fsp3) is 0. The average molecular weight is 871 g/mol. The maximum Gasteiger partial charge on any atom is 0.0541 e. The highest BCUT2D eigenvalue weighted by atomic mass is 32.1. The third kappa shape index (κ3) is 6.63. The number of benzene rings is 11. The molecule has 314 valence electrons. The van der Waals surface area contributed by atoms with Crippen LogP contribution in [0.25, 0.3) is 103 Å². The van der Waals surface area contributed by atoms with Crippen LogP contribution in [0.15, 0.2) is 255 Å². The molecule has 0 unspecified atom stereocenters. The topological polar surface area (TPSA) is 8.17 Å². The molecule has 13 aromatic rings. The Morgan fingerprint density at radius 3 is 1.76 bits per heavy atom. The fourth-order valence-electron chi connectivity index (χ4n) is 10.3. The largest absolute Gasteiger partial charge is 0.310 e. The molecule has 0 aliphatic heterocycles. The zero-order valence-electron chi connectivity index (χ0n) is 36.6. The van der Waals surface area contributed by atoms with Crippen LogP contribution in [0.2, 0.25) is 0 Å². The van der Waals surface area contributed by atoms with Gasteiger partial charge in [0.05, 0.1) is 16.7 Å². The highest BCUT2D eigenvalue weighted by molar-refractivity contribution is 7.26. The first kappa shape index (κ1) is 38.9. The van der Waals surface area contributed by atoms with E-state index in [0.717, 1.165) is 33.9 Å². The Kier molecular flexibility index (Phi) is 9.40. The van der Waals surface area contributed by atoms with Crippen LogP contribution in [0.1, 0.15) is 0 Å². The van der Waals surface area contributed by atoms with E-state index >= 15 is 0 Å². The molecule has 11 aromatic carbocycles. The summed E-state index contributed by atoms with van der Waals surface area (Å²) < 4.78 is 5.01. The molecule has 67 heavy (non-hydrogen) atoms. The minimum absolute atomic E-state index is 1.08. The molecule has 0 saturated carbocycles. The smallest absolute Gasteiger partial charge is 0.0541 e. The summed E-state index contributed by atoms with van der Waals surface area (Å²) >= 11 is 1.88. The summed E-state index contributed by atoms with van der Waals surface area (Å²) in [5.41, 5.74) is 16.4. The summed E-state index contributed by atoms with van der Waals surface area (Å²) in [5.74, 6) is 0. The van der Waals surface area contributed by atoms with E-state index in [0.29, 0.717) is 0 Å². The Labute approximate surface area is 393 Å². The van der Waals surface area contributed by atoms with Crippen molar-refractivity contribution in [2.45, 2.75) is 0 Å². The van der Waals surface area contributed by atoms with Gasteiger partial charge in [0.15, 0.2) is 0 Å². The molecule has 0 fully saturated rings. The number of thiophene rings is 1. The van der Waals surface area contributed by atoms with Gasteiger partial charge in [0.1, 0.15) is 0 Å². The number of rotatable bonds is 8. The molecule has 0 saturated heterocycles. The van der Waals surface area contributed by atoms with Crippen LogP contribution in [0, 0.1) is 0 Å². The third-order valence-electron chi connectivity index (χ3n) is 13.4. The Balaban J connectivity index is 0.993. The van der Waals surface area contributed by atoms with Crippen molar-refractivity contribution in [3.63, 3.8) is 0 Å². The molecule has 0 N–H and O–H groups in total. The quantitative estimate of drug-likeness (QED) is 0.148. The predicted octanol–water partition coefficient (Wildman–Crippen LogP) is 18.4. The number of hydrogen-bond acceptors (Lipinski definition) is 2. The molecule has 0 aliphatic rings. The second-order valence-corrected chi connectivity index (χ2v) is 18.3. The van der Waals surface area contributed by atoms with Crippen molar-refractivity contribution in [2.24, 2.45) is 0 Å². The second-order valence-electron chi connectivity index (χ2n) is 17.2. The van der Waals surface area contributed by atoms with Crippen molar-refractivity contribution in [1.29, 1.82) is 0 Å². The molecule has 0 amide bonds. The van der Waals surface area contributed by atoms with Crippen LogP contribution in [-0.2, 0) is 0 Å². The number of fused-ring (bicyclic) bond motifs is 7. The highest BCUT2D eigenvalue weighted by Crippen LogP contribution is 2.47. The van der Waals surface area contributed by atoms with Crippen molar-refractivity contribution in [2.75, 3.05) is 4.90 Å². The van der Waals surface area contributed by atoms with Gasteiger partial charge in [-0.25, -0.2) is 0 Å². The van der Waals surface area contributed by atoms with Gasteiger partial charge in [0.2, 0.25) is 0 Å². The van der Waals surface area contributed by atoms with Gasteiger partial charge in [-0.3, -0.25) is 0 Å². The maximum atomic E-state index is 2.45. The van der Waals surface area contributed by atoms with Gasteiger partial charge in [-0.2, -0.15) is 0 Å². The monoisotopic (exact) mass is 870 g/mol. The van der Waals surface area contributed by atoms with Crippen molar-refractivity contribution in [1.82, 2.24) is 4.57 Å². The number of para-hydroxylation sites is 3. The first-order chi connectivity index (χ1) is 33.2. The molecule has 0 radical (unpaired) electrons. The van der Waals surface area contributed by atoms with E-state index in [2.05, 4.69) is 264 Å². The van der Waals surface area contributed by atoms with Gasteiger partial charge in [-0.1, -0.05) is 188 Å². The van der Waals surface area contributed by atoms with E-state index in [-0.39, 0.29) is 0 Å².